The molecule has 2 aromatic rings. The summed E-state index contributed by atoms with van der Waals surface area (Å²) in [5, 5.41) is 6.71. The Morgan fingerprint density at radius 1 is 1.43 bits per heavy atom. The summed E-state index contributed by atoms with van der Waals surface area (Å²) in [4.78, 5) is 18.6. The van der Waals surface area contributed by atoms with Gasteiger partial charge in [0.05, 0.1) is 11.3 Å². The number of hydrogen-bond acceptors (Lipinski definition) is 6. The third kappa shape index (κ3) is 3.30. The molecule has 0 saturated heterocycles. The fraction of sp³-hybridized carbons (Fsp3) is 0.357. The van der Waals surface area contributed by atoms with E-state index in [1.165, 1.54) is 11.5 Å². The Morgan fingerprint density at radius 3 is 2.86 bits per heavy atom. The molecule has 0 atom stereocenters. The first-order valence-electron chi connectivity index (χ1n) is 6.58. The molecule has 0 aliphatic heterocycles. The molecule has 0 aliphatic rings. The van der Waals surface area contributed by atoms with Crippen molar-refractivity contribution in [3.8, 4) is 0 Å². The molecule has 2 aromatic heterocycles. The third-order valence-electron chi connectivity index (χ3n) is 3.05. The van der Waals surface area contributed by atoms with E-state index in [-0.39, 0.29) is 5.91 Å². The van der Waals surface area contributed by atoms with Crippen LogP contribution in [0, 0.1) is 6.92 Å². The van der Waals surface area contributed by atoms with Crippen LogP contribution in [0.25, 0.3) is 0 Å². The first kappa shape index (κ1) is 15.2. The van der Waals surface area contributed by atoms with Crippen molar-refractivity contribution in [1.29, 1.82) is 0 Å². The molecule has 2 N–H and O–H groups in total. The maximum atomic E-state index is 12.3. The number of aryl methyl sites for hydroxylation is 1. The molecule has 0 spiro atoms. The predicted molar refractivity (Wildman–Crippen MR) is 86.1 cm³/mol. The molecule has 7 heteroatoms. The average Bonchev–Trinajstić information content (AvgIpc) is 2.86. The minimum absolute atomic E-state index is 0.126. The highest BCUT2D eigenvalue weighted by molar-refractivity contribution is 7.10. The number of anilines is 2. The summed E-state index contributed by atoms with van der Waals surface area (Å²) in [6.07, 6.45) is 1.74. The summed E-state index contributed by atoms with van der Waals surface area (Å²) >= 11 is 1.29. The van der Waals surface area contributed by atoms with Gasteiger partial charge in [0, 0.05) is 39.4 Å². The summed E-state index contributed by atoms with van der Waals surface area (Å²) in [5.74, 6) is 0.728. The first-order chi connectivity index (χ1) is 10.0. The highest BCUT2D eigenvalue weighted by atomic mass is 32.1. The maximum Gasteiger partial charge on any atom is 0.256 e. The van der Waals surface area contributed by atoms with Crippen LogP contribution >= 0.6 is 11.5 Å². The van der Waals surface area contributed by atoms with E-state index in [0.717, 1.165) is 22.1 Å². The van der Waals surface area contributed by atoms with Crippen molar-refractivity contribution >= 4 is 28.3 Å². The van der Waals surface area contributed by atoms with Crippen LogP contribution in [0.4, 0.5) is 10.8 Å². The van der Waals surface area contributed by atoms with E-state index in [9.17, 15) is 4.79 Å². The molecule has 0 aromatic carbocycles. The Morgan fingerprint density at radius 2 is 2.19 bits per heavy atom. The van der Waals surface area contributed by atoms with E-state index < -0.39 is 0 Å². The standard InChI is InChI=1S/C14H19N5OS/c1-9-11(14(15-2)21-18-9)13(20)17-8-10-6-5-7-16-12(10)19(3)4/h5-7,15H,8H2,1-4H3,(H,17,20). The number of hydrogen-bond donors (Lipinski definition) is 2. The zero-order valence-electron chi connectivity index (χ0n) is 12.6. The number of rotatable bonds is 5. The quantitative estimate of drug-likeness (QED) is 0.882. The van der Waals surface area contributed by atoms with Crippen molar-refractivity contribution in [2.75, 3.05) is 31.4 Å². The van der Waals surface area contributed by atoms with Gasteiger partial charge in [0.15, 0.2) is 0 Å². The van der Waals surface area contributed by atoms with Gasteiger partial charge in [-0.15, -0.1) is 0 Å². The van der Waals surface area contributed by atoms with E-state index >= 15 is 0 Å². The van der Waals surface area contributed by atoms with E-state index in [0.29, 0.717) is 12.1 Å². The van der Waals surface area contributed by atoms with Gasteiger partial charge in [-0.3, -0.25) is 4.79 Å². The van der Waals surface area contributed by atoms with Crippen LogP contribution in [0.2, 0.25) is 0 Å². The summed E-state index contributed by atoms with van der Waals surface area (Å²) in [6, 6.07) is 3.82. The fourth-order valence-electron chi connectivity index (χ4n) is 2.04. The lowest BCUT2D eigenvalue weighted by Crippen LogP contribution is -2.25. The highest BCUT2D eigenvalue weighted by Crippen LogP contribution is 2.24. The lowest BCUT2D eigenvalue weighted by atomic mass is 10.2. The van der Waals surface area contributed by atoms with Crippen LogP contribution in [0.15, 0.2) is 18.3 Å². The Kier molecular flexibility index (Phi) is 4.74. The van der Waals surface area contributed by atoms with Crippen LogP contribution in [0.5, 0.6) is 0 Å². The fourth-order valence-corrected chi connectivity index (χ4v) is 2.79. The van der Waals surface area contributed by atoms with Gasteiger partial charge < -0.3 is 15.5 Å². The second-order valence-corrected chi connectivity index (χ2v) is 5.56. The van der Waals surface area contributed by atoms with Gasteiger partial charge >= 0.3 is 0 Å². The zero-order chi connectivity index (χ0) is 15.4. The lowest BCUT2D eigenvalue weighted by molar-refractivity contribution is 0.0951. The number of pyridine rings is 1. The minimum atomic E-state index is -0.126. The molecule has 1 amide bonds. The van der Waals surface area contributed by atoms with E-state index in [1.807, 2.05) is 38.1 Å². The Hall–Kier alpha value is -2.15. The molecule has 0 bridgehead atoms. The Balaban J connectivity index is 2.13. The van der Waals surface area contributed by atoms with Crippen LogP contribution < -0.4 is 15.5 Å². The number of carbonyl (C=O) groups is 1. The van der Waals surface area contributed by atoms with E-state index in [2.05, 4.69) is 20.0 Å². The van der Waals surface area contributed by atoms with Crippen LogP contribution in [0.3, 0.4) is 0 Å². The molecule has 0 saturated carbocycles. The Labute approximate surface area is 128 Å². The molecule has 2 rings (SSSR count). The van der Waals surface area contributed by atoms with Gasteiger partial charge in [-0.1, -0.05) is 6.07 Å². The van der Waals surface area contributed by atoms with Crippen LogP contribution in [0.1, 0.15) is 21.6 Å². The summed E-state index contributed by atoms with van der Waals surface area (Å²) in [7, 11) is 5.65. The van der Waals surface area contributed by atoms with Crippen LogP contribution in [-0.4, -0.2) is 36.4 Å². The third-order valence-corrected chi connectivity index (χ3v) is 4.00. The van der Waals surface area contributed by atoms with Gasteiger partial charge in [0.25, 0.3) is 5.91 Å². The molecular weight excluding hydrogens is 286 g/mol. The monoisotopic (exact) mass is 305 g/mol. The molecule has 6 nitrogen and oxygen atoms in total. The van der Waals surface area contributed by atoms with Gasteiger partial charge in [0.2, 0.25) is 0 Å². The van der Waals surface area contributed by atoms with Crippen molar-refractivity contribution in [2.24, 2.45) is 0 Å². The normalized spacial score (nSPS) is 10.3. The smallest absolute Gasteiger partial charge is 0.256 e. The largest absolute Gasteiger partial charge is 0.378 e. The summed E-state index contributed by atoms with van der Waals surface area (Å²) in [5.41, 5.74) is 2.32. The SMILES string of the molecule is CNc1snc(C)c1C(=O)NCc1cccnc1N(C)C. The van der Waals surface area contributed by atoms with Crippen molar-refractivity contribution in [3.63, 3.8) is 0 Å². The zero-order valence-corrected chi connectivity index (χ0v) is 13.4. The maximum absolute atomic E-state index is 12.3. The molecule has 0 unspecified atom stereocenters. The van der Waals surface area contributed by atoms with Crippen molar-refractivity contribution in [1.82, 2.24) is 14.7 Å². The second kappa shape index (κ2) is 6.53. The number of nitrogens with zero attached hydrogens (tertiary/aromatic N) is 3. The number of amides is 1. The number of nitrogens with one attached hydrogen (secondary N) is 2. The molecule has 2 heterocycles. The Bertz CT molecular complexity index is 638. The van der Waals surface area contributed by atoms with Crippen LogP contribution in [-0.2, 0) is 6.54 Å². The lowest BCUT2D eigenvalue weighted by Gasteiger charge is -2.16. The molecule has 0 aliphatic carbocycles. The van der Waals surface area contributed by atoms with Gasteiger partial charge in [-0.25, -0.2) is 4.98 Å². The molecule has 0 fully saturated rings. The molecule has 21 heavy (non-hydrogen) atoms. The van der Waals surface area contributed by atoms with E-state index in [1.54, 1.807) is 13.2 Å². The molecular formula is C14H19N5OS. The van der Waals surface area contributed by atoms with Crippen molar-refractivity contribution in [2.45, 2.75) is 13.5 Å². The average molecular weight is 305 g/mol. The number of carbonyl (C=O) groups excluding carboxylic acids is 1. The van der Waals surface area contributed by atoms with Gasteiger partial charge in [-0.2, -0.15) is 4.37 Å². The van der Waals surface area contributed by atoms with Crippen molar-refractivity contribution < 1.29 is 4.79 Å². The molecule has 112 valence electrons. The molecule has 0 radical (unpaired) electrons. The number of aromatic nitrogens is 2. The summed E-state index contributed by atoms with van der Waals surface area (Å²) in [6.45, 7) is 2.26. The van der Waals surface area contributed by atoms with Crippen molar-refractivity contribution in [3.05, 3.63) is 35.2 Å². The second-order valence-electron chi connectivity index (χ2n) is 4.79. The summed E-state index contributed by atoms with van der Waals surface area (Å²) < 4.78 is 4.21. The van der Waals surface area contributed by atoms with Gasteiger partial charge in [0.1, 0.15) is 10.8 Å². The minimum Gasteiger partial charge on any atom is -0.378 e. The first-order valence-corrected chi connectivity index (χ1v) is 7.35. The van der Waals surface area contributed by atoms with Gasteiger partial charge in [-0.05, 0) is 24.5 Å². The highest BCUT2D eigenvalue weighted by Gasteiger charge is 2.17. The topological polar surface area (TPSA) is 70.1 Å². The predicted octanol–water partition coefficient (Wildman–Crippen LogP) is 1.88. The van der Waals surface area contributed by atoms with E-state index in [4.69, 9.17) is 0 Å².